The number of anilines is 1. The van der Waals surface area contributed by atoms with Gasteiger partial charge in [-0.1, -0.05) is 36.4 Å². The van der Waals surface area contributed by atoms with E-state index in [0.29, 0.717) is 5.69 Å². The number of aromatic nitrogens is 2. The largest absolute Gasteiger partial charge is 0.392 e. The molecule has 0 aliphatic heterocycles. The zero-order valence-electron chi connectivity index (χ0n) is 10.9. The van der Waals surface area contributed by atoms with E-state index in [9.17, 15) is 8.42 Å². The van der Waals surface area contributed by atoms with E-state index < -0.39 is 16.6 Å². The second-order valence-corrected chi connectivity index (χ2v) is 6.13. The minimum Gasteiger partial charge on any atom is -0.392 e. The normalized spacial score (nSPS) is 11.7. The van der Waals surface area contributed by atoms with Gasteiger partial charge in [0.05, 0.1) is 18.5 Å². The van der Waals surface area contributed by atoms with Gasteiger partial charge in [0.25, 0.3) is 10.0 Å². The maximum atomic E-state index is 12.4. The van der Waals surface area contributed by atoms with Crippen LogP contribution in [0.5, 0.6) is 0 Å². The fraction of sp³-hybridized carbons (Fsp3) is 0.0714. The SMILES string of the molecule is O=S(=O)(Nc1cccc2ccccc12)c1[nH]ncc1CO. The summed E-state index contributed by atoms with van der Waals surface area (Å²) in [7, 11) is -3.83. The number of aliphatic hydroxyl groups excluding tert-OH is 1. The molecule has 0 amide bonds. The first-order chi connectivity index (χ1) is 10.1. The van der Waals surface area contributed by atoms with Crippen molar-refractivity contribution < 1.29 is 13.5 Å². The van der Waals surface area contributed by atoms with Gasteiger partial charge < -0.3 is 5.11 Å². The first-order valence-electron chi connectivity index (χ1n) is 6.25. The summed E-state index contributed by atoms with van der Waals surface area (Å²) in [4.78, 5) is 0. The van der Waals surface area contributed by atoms with E-state index in [4.69, 9.17) is 5.11 Å². The summed E-state index contributed by atoms with van der Waals surface area (Å²) in [5, 5.41) is 16.8. The van der Waals surface area contributed by atoms with Crippen LogP contribution in [0.3, 0.4) is 0 Å². The number of hydrogen-bond donors (Lipinski definition) is 3. The first kappa shape index (κ1) is 13.6. The predicted molar refractivity (Wildman–Crippen MR) is 79.3 cm³/mol. The van der Waals surface area contributed by atoms with E-state index in [2.05, 4.69) is 14.9 Å². The number of benzene rings is 2. The number of aliphatic hydroxyl groups is 1. The van der Waals surface area contributed by atoms with E-state index in [0.717, 1.165) is 10.8 Å². The Morgan fingerprint density at radius 2 is 1.90 bits per heavy atom. The molecule has 0 aliphatic carbocycles. The molecule has 0 bridgehead atoms. The molecule has 1 heterocycles. The summed E-state index contributed by atoms with van der Waals surface area (Å²) in [6.45, 7) is -0.401. The monoisotopic (exact) mass is 303 g/mol. The third-order valence-electron chi connectivity index (χ3n) is 3.15. The molecule has 3 N–H and O–H groups in total. The zero-order chi connectivity index (χ0) is 14.9. The van der Waals surface area contributed by atoms with Crippen LogP contribution in [0, 0.1) is 0 Å². The summed E-state index contributed by atoms with van der Waals surface area (Å²) in [5.74, 6) is 0. The molecule has 0 fully saturated rings. The third-order valence-corrected chi connectivity index (χ3v) is 4.53. The number of sulfonamides is 1. The lowest BCUT2D eigenvalue weighted by molar-refractivity contribution is 0.278. The lowest BCUT2D eigenvalue weighted by Crippen LogP contribution is -2.15. The van der Waals surface area contributed by atoms with Crippen molar-refractivity contribution >= 4 is 26.5 Å². The fourth-order valence-electron chi connectivity index (χ4n) is 2.15. The molecule has 3 rings (SSSR count). The van der Waals surface area contributed by atoms with Crippen LogP contribution in [0.2, 0.25) is 0 Å². The van der Waals surface area contributed by atoms with Gasteiger partial charge in [-0.3, -0.25) is 9.82 Å². The van der Waals surface area contributed by atoms with E-state index in [1.54, 1.807) is 12.1 Å². The van der Waals surface area contributed by atoms with Crippen LogP contribution in [0.15, 0.2) is 53.7 Å². The molecule has 0 saturated heterocycles. The summed E-state index contributed by atoms with van der Waals surface area (Å²) in [6.07, 6.45) is 1.29. The molecule has 1 aromatic heterocycles. The Labute approximate surface area is 121 Å². The van der Waals surface area contributed by atoms with Gasteiger partial charge in [0.15, 0.2) is 5.03 Å². The molecule has 0 aliphatic rings. The topological polar surface area (TPSA) is 95.1 Å². The molecule has 0 radical (unpaired) electrons. The van der Waals surface area contributed by atoms with Crippen LogP contribution in [0.4, 0.5) is 5.69 Å². The van der Waals surface area contributed by atoms with Gasteiger partial charge >= 0.3 is 0 Å². The van der Waals surface area contributed by atoms with Crippen LogP contribution in [0.25, 0.3) is 10.8 Å². The van der Waals surface area contributed by atoms with Crippen LogP contribution < -0.4 is 4.72 Å². The summed E-state index contributed by atoms with van der Waals surface area (Å²) in [6, 6.07) is 12.8. The van der Waals surface area contributed by atoms with Crippen LogP contribution in [-0.2, 0) is 16.6 Å². The van der Waals surface area contributed by atoms with Crippen LogP contribution >= 0.6 is 0 Å². The quantitative estimate of drug-likeness (QED) is 0.685. The van der Waals surface area contributed by atoms with Crippen molar-refractivity contribution in [3.63, 3.8) is 0 Å². The second kappa shape index (κ2) is 5.19. The van der Waals surface area contributed by atoms with E-state index >= 15 is 0 Å². The van der Waals surface area contributed by atoms with E-state index in [1.165, 1.54) is 6.20 Å². The van der Waals surface area contributed by atoms with Crippen LogP contribution in [0.1, 0.15) is 5.56 Å². The summed E-state index contributed by atoms with van der Waals surface area (Å²) in [5.41, 5.74) is 0.703. The molecule has 108 valence electrons. The highest BCUT2D eigenvalue weighted by atomic mass is 32.2. The van der Waals surface area contributed by atoms with Gasteiger partial charge in [0.2, 0.25) is 0 Å². The average molecular weight is 303 g/mol. The van der Waals surface area contributed by atoms with Gasteiger partial charge in [-0.15, -0.1) is 0 Å². The molecular formula is C14H13N3O3S. The molecule has 0 atom stereocenters. The second-order valence-electron chi connectivity index (χ2n) is 4.51. The van der Waals surface area contributed by atoms with Gasteiger partial charge in [-0.25, -0.2) is 0 Å². The number of rotatable bonds is 4. The highest BCUT2D eigenvalue weighted by Gasteiger charge is 2.21. The van der Waals surface area contributed by atoms with Crippen molar-refractivity contribution in [3.8, 4) is 0 Å². The number of nitrogens with zero attached hydrogens (tertiary/aromatic N) is 1. The molecule has 0 unspecified atom stereocenters. The Hall–Kier alpha value is -2.38. The lowest BCUT2D eigenvalue weighted by atomic mass is 10.1. The molecule has 21 heavy (non-hydrogen) atoms. The number of H-pyrrole nitrogens is 1. The average Bonchev–Trinajstić information content (AvgIpc) is 2.97. The number of fused-ring (bicyclic) bond motifs is 1. The molecule has 6 nitrogen and oxygen atoms in total. The Morgan fingerprint density at radius 3 is 2.71 bits per heavy atom. The molecular weight excluding hydrogens is 290 g/mol. The molecule has 0 spiro atoms. The minimum absolute atomic E-state index is 0.127. The minimum atomic E-state index is -3.83. The molecule has 3 aromatic rings. The molecule has 0 saturated carbocycles. The number of aromatic amines is 1. The Balaban J connectivity index is 2.06. The van der Waals surface area contributed by atoms with Gasteiger partial charge in [0.1, 0.15) is 0 Å². The Bertz CT molecular complexity index is 882. The van der Waals surface area contributed by atoms with Crippen molar-refractivity contribution in [1.29, 1.82) is 0 Å². The number of hydrogen-bond acceptors (Lipinski definition) is 4. The maximum absolute atomic E-state index is 12.4. The zero-order valence-corrected chi connectivity index (χ0v) is 11.8. The highest BCUT2D eigenvalue weighted by Crippen LogP contribution is 2.25. The van der Waals surface area contributed by atoms with Crippen molar-refractivity contribution in [2.24, 2.45) is 0 Å². The maximum Gasteiger partial charge on any atom is 0.279 e. The van der Waals surface area contributed by atoms with Gasteiger partial charge in [0, 0.05) is 10.9 Å². The predicted octanol–water partition coefficient (Wildman–Crippen LogP) is 1.86. The van der Waals surface area contributed by atoms with Gasteiger partial charge in [-0.2, -0.15) is 13.5 Å². The van der Waals surface area contributed by atoms with E-state index in [1.807, 2.05) is 30.3 Å². The molecule has 2 aromatic carbocycles. The smallest absolute Gasteiger partial charge is 0.279 e. The lowest BCUT2D eigenvalue weighted by Gasteiger charge is -2.10. The van der Waals surface area contributed by atoms with Crippen molar-refractivity contribution in [2.45, 2.75) is 11.6 Å². The molecule has 7 heteroatoms. The highest BCUT2D eigenvalue weighted by molar-refractivity contribution is 7.92. The van der Waals surface area contributed by atoms with Gasteiger partial charge in [-0.05, 0) is 11.5 Å². The van der Waals surface area contributed by atoms with Crippen molar-refractivity contribution in [2.75, 3.05) is 4.72 Å². The van der Waals surface area contributed by atoms with Crippen molar-refractivity contribution in [1.82, 2.24) is 10.2 Å². The standard InChI is InChI=1S/C14H13N3O3S/c18-9-11-8-15-16-14(11)21(19,20)17-13-7-3-5-10-4-1-2-6-12(10)13/h1-8,17-18H,9H2,(H,15,16). The summed E-state index contributed by atoms with van der Waals surface area (Å²) >= 11 is 0. The third kappa shape index (κ3) is 2.48. The van der Waals surface area contributed by atoms with E-state index in [-0.39, 0.29) is 10.6 Å². The van der Waals surface area contributed by atoms with Crippen LogP contribution in [-0.4, -0.2) is 23.7 Å². The first-order valence-corrected chi connectivity index (χ1v) is 7.74. The number of nitrogens with one attached hydrogen (secondary N) is 2. The Kier molecular flexibility index (Phi) is 3.36. The summed E-state index contributed by atoms with van der Waals surface area (Å²) < 4.78 is 27.3. The fourth-order valence-corrected chi connectivity index (χ4v) is 3.36. The Morgan fingerprint density at radius 1 is 1.14 bits per heavy atom. The van der Waals surface area contributed by atoms with Crippen molar-refractivity contribution in [3.05, 3.63) is 54.2 Å².